The van der Waals surface area contributed by atoms with Gasteiger partial charge in [-0.2, -0.15) is 19.4 Å². The van der Waals surface area contributed by atoms with Crippen LogP contribution in [0.2, 0.25) is 0 Å². The number of rotatable bonds is 8. The van der Waals surface area contributed by atoms with Crippen LogP contribution in [0.15, 0.2) is 61.7 Å². The molecule has 1 N–H and O–H groups in total. The highest BCUT2D eigenvalue weighted by molar-refractivity contribution is 7.90. The first-order chi connectivity index (χ1) is 19.9. The summed E-state index contributed by atoms with van der Waals surface area (Å²) < 4.78 is 29.8. The summed E-state index contributed by atoms with van der Waals surface area (Å²) in [6, 6.07) is 3.59. The van der Waals surface area contributed by atoms with Crippen LogP contribution >= 0.6 is 0 Å². The lowest BCUT2D eigenvalue weighted by Gasteiger charge is -2.08. The molecule has 0 atom stereocenters. The number of anilines is 2. The average molecular weight is 567 g/mol. The zero-order valence-electron chi connectivity index (χ0n) is 22.2. The predicted octanol–water partition coefficient (Wildman–Crippen LogP) is 3.23. The summed E-state index contributed by atoms with van der Waals surface area (Å²) in [6.07, 6.45) is 17.6. The van der Waals surface area contributed by atoms with Gasteiger partial charge in [-0.05, 0) is 43.7 Å². The number of nitrogens with one attached hydrogen (secondary N) is 1. The lowest BCUT2D eigenvalue weighted by molar-refractivity contribution is 0.563. The van der Waals surface area contributed by atoms with Gasteiger partial charge in [0.05, 0.1) is 41.2 Å². The molecule has 5 aromatic heterocycles. The number of hydrogen-bond donors (Lipinski definition) is 1. The molecule has 0 bridgehead atoms. The molecule has 0 amide bonds. The normalized spacial score (nSPS) is 15.0. The quantitative estimate of drug-likeness (QED) is 0.281. The molecule has 41 heavy (non-hydrogen) atoms. The molecule has 13 heteroatoms. The van der Waals surface area contributed by atoms with E-state index in [2.05, 4.69) is 47.4 Å². The molecule has 0 radical (unpaired) electrons. The van der Waals surface area contributed by atoms with Crippen molar-refractivity contribution < 1.29 is 8.42 Å². The van der Waals surface area contributed by atoms with E-state index in [4.69, 9.17) is 0 Å². The SMILES string of the molecule is Cn1cc(C#Cc2cc(Nc3ccnc(-c4cnn(S(=O)(=O)C5CC5)c4)n3)ncc2-c2cnn(CC3CC3)c2)cn1. The van der Waals surface area contributed by atoms with Gasteiger partial charge in [0.25, 0.3) is 10.0 Å². The van der Waals surface area contributed by atoms with E-state index in [1.807, 2.05) is 36.4 Å². The number of aromatic nitrogens is 9. The van der Waals surface area contributed by atoms with Gasteiger partial charge in [-0.1, -0.05) is 11.8 Å². The van der Waals surface area contributed by atoms with E-state index in [-0.39, 0.29) is 5.25 Å². The van der Waals surface area contributed by atoms with Crippen LogP contribution in [-0.2, 0) is 23.6 Å². The number of nitrogens with zero attached hydrogens (tertiary/aromatic N) is 9. The average Bonchev–Trinajstić information content (AvgIpc) is 3.83. The second kappa shape index (κ2) is 9.97. The number of aryl methyl sites for hydroxylation is 1. The Kier molecular flexibility index (Phi) is 6.12. The van der Waals surface area contributed by atoms with Crippen LogP contribution in [0.4, 0.5) is 11.6 Å². The highest BCUT2D eigenvalue weighted by Gasteiger charge is 2.37. The van der Waals surface area contributed by atoms with Crippen molar-refractivity contribution >= 4 is 21.7 Å². The standard InChI is InChI=1S/C28H26N10O2S/c1-36-15-20(11-31-36)4-5-21-10-27(30-14-25(21)22-12-32-37(17-22)16-19-2-3-19)34-26-8-9-29-28(35-26)23-13-33-38(18-23)41(39,40)24-6-7-24/h8-15,17-19,24H,2-3,6-7,16H2,1H3,(H,29,30,34,35). The second-order valence-corrected chi connectivity index (χ2v) is 12.5. The maximum atomic E-state index is 12.5. The first kappa shape index (κ1) is 25.2. The molecule has 12 nitrogen and oxygen atoms in total. The van der Waals surface area contributed by atoms with E-state index >= 15 is 0 Å². The van der Waals surface area contributed by atoms with E-state index in [9.17, 15) is 8.42 Å². The Labute approximate surface area is 236 Å². The maximum absolute atomic E-state index is 12.5. The third-order valence-corrected chi connectivity index (χ3v) is 9.01. The molecule has 206 valence electrons. The van der Waals surface area contributed by atoms with Gasteiger partial charge >= 0.3 is 0 Å². The molecule has 0 spiro atoms. The van der Waals surface area contributed by atoms with Gasteiger partial charge in [0.15, 0.2) is 5.82 Å². The van der Waals surface area contributed by atoms with Crippen LogP contribution in [0.5, 0.6) is 0 Å². The Morgan fingerprint density at radius 2 is 1.78 bits per heavy atom. The molecule has 0 aliphatic heterocycles. The van der Waals surface area contributed by atoms with Gasteiger partial charge in [-0.25, -0.2) is 23.4 Å². The molecule has 2 saturated carbocycles. The molecule has 5 aromatic rings. The molecule has 0 saturated heterocycles. The highest BCUT2D eigenvalue weighted by atomic mass is 32.2. The minimum Gasteiger partial charge on any atom is -0.325 e. The van der Waals surface area contributed by atoms with Crippen molar-refractivity contribution in [3.63, 3.8) is 0 Å². The van der Waals surface area contributed by atoms with Crippen LogP contribution in [0.3, 0.4) is 0 Å². The highest BCUT2D eigenvalue weighted by Crippen LogP contribution is 2.32. The largest absolute Gasteiger partial charge is 0.325 e. The molecule has 5 heterocycles. The molecule has 2 aliphatic rings. The van der Waals surface area contributed by atoms with Gasteiger partial charge in [0, 0.05) is 55.1 Å². The molecule has 0 aromatic carbocycles. The first-order valence-electron chi connectivity index (χ1n) is 13.3. The number of pyridine rings is 1. The minimum absolute atomic E-state index is 0.350. The van der Waals surface area contributed by atoms with Crippen LogP contribution in [-0.4, -0.2) is 57.4 Å². The van der Waals surface area contributed by atoms with Crippen molar-refractivity contribution in [1.82, 2.24) is 43.7 Å². The van der Waals surface area contributed by atoms with Crippen LogP contribution in [0.1, 0.15) is 36.8 Å². The van der Waals surface area contributed by atoms with E-state index in [0.29, 0.717) is 41.8 Å². The summed E-state index contributed by atoms with van der Waals surface area (Å²) in [4.78, 5) is 13.5. The van der Waals surface area contributed by atoms with Gasteiger partial charge in [-0.15, -0.1) is 0 Å². The van der Waals surface area contributed by atoms with E-state index < -0.39 is 10.0 Å². The lowest BCUT2D eigenvalue weighted by atomic mass is 10.1. The molecular weight excluding hydrogens is 540 g/mol. The van der Waals surface area contributed by atoms with Crippen molar-refractivity contribution in [2.75, 3.05) is 5.32 Å². The Morgan fingerprint density at radius 1 is 0.927 bits per heavy atom. The Bertz CT molecular complexity index is 1920. The molecule has 2 fully saturated rings. The molecule has 2 aliphatic carbocycles. The van der Waals surface area contributed by atoms with E-state index in [0.717, 1.165) is 32.9 Å². The summed E-state index contributed by atoms with van der Waals surface area (Å²) in [6.45, 7) is 0.922. The first-order valence-corrected chi connectivity index (χ1v) is 14.8. The Balaban J connectivity index is 1.17. The summed E-state index contributed by atoms with van der Waals surface area (Å²) in [5.41, 5.74) is 3.91. The van der Waals surface area contributed by atoms with Crippen molar-refractivity contribution in [3.05, 3.63) is 72.8 Å². The second-order valence-electron chi connectivity index (χ2n) is 10.4. The smallest absolute Gasteiger partial charge is 0.256 e. The Hall–Kier alpha value is -4.83. The van der Waals surface area contributed by atoms with Crippen LogP contribution in [0.25, 0.3) is 22.5 Å². The fourth-order valence-electron chi connectivity index (χ4n) is 4.43. The molecular formula is C28H26N10O2S. The predicted molar refractivity (Wildman–Crippen MR) is 151 cm³/mol. The Morgan fingerprint density at radius 3 is 2.56 bits per heavy atom. The van der Waals surface area contributed by atoms with Crippen LogP contribution < -0.4 is 5.32 Å². The van der Waals surface area contributed by atoms with E-state index in [1.54, 1.807) is 29.3 Å². The zero-order chi connectivity index (χ0) is 28.0. The third kappa shape index (κ3) is 5.46. The van der Waals surface area contributed by atoms with Crippen LogP contribution in [0, 0.1) is 17.8 Å². The fraction of sp³-hybridized carbons (Fsp3) is 0.286. The summed E-state index contributed by atoms with van der Waals surface area (Å²) in [5, 5.41) is 15.7. The monoisotopic (exact) mass is 566 g/mol. The molecule has 7 rings (SSSR count). The van der Waals surface area contributed by atoms with Crippen molar-refractivity contribution in [2.45, 2.75) is 37.5 Å². The summed E-state index contributed by atoms with van der Waals surface area (Å²) in [5.74, 6) is 8.58. The van der Waals surface area contributed by atoms with Crippen molar-refractivity contribution in [3.8, 4) is 34.4 Å². The summed E-state index contributed by atoms with van der Waals surface area (Å²) in [7, 11) is -1.62. The zero-order valence-corrected chi connectivity index (χ0v) is 23.0. The number of hydrogen-bond acceptors (Lipinski definition) is 9. The summed E-state index contributed by atoms with van der Waals surface area (Å²) >= 11 is 0. The minimum atomic E-state index is -3.47. The van der Waals surface area contributed by atoms with E-state index in [1.165, 1.54) is 25.2 Å². The lowest BCUT2D eigenvalue weighted by Crippen LogP contribution is -2.17. The topological polar surface area (TPSA) is 138 Å². The van der Waals surface area contributed by atoms with Gasteiger partial charge in [0.1, 0.15) is 11.6 Å². The third-order valence-electron chi connectivity index (χ3n) is 6.97. The fourth-order valence-corrected chi connectivity index (χ4v) is 5.90. The van der Waals surface area contributed by atoms with Gasteiger partial charge in [0.2, 0.25) is 0 Å². The van der Waals surface area contributed by atoms with Crippen molar-refractivity contribution in [1.29, 1.82) is 0 Å². The van der Waals surface area contributed by atoms with Crippen molar-refractivity contribution in [2.24, 2.45) is 13.0 Å². The molecule has 0 unspecified atom stereocenters. The van der Waals surface area contributed by atoms with Gasteiger partial charge < -0.3 is 5.32 Å². The van der Waals surface area contributed by atoms with Gasteiger partial charge in [-0.3, -0.25) is 9.36 Å². The maximum Gasteiger partial charge on any atom is 0.256 e.